The highest BCUT2D eigenvalue weighted by atomic mass is 19.1. The molecule has 1 aliphatic rings. The van der Waals surface area contributed by atoms with Gasteiger partial charge in [-0.25, -0.2) is 18.7 Å². The summed E-state index contributed by atoms with van der Waals surface area (Å²) in [7, 11) is 0. The third-order valence-corrected chi connectivity index (χ3v) is 6.55. The van der Waals surface area contributed by atoms with Crippen LogP contribution in [0.5, 0.6) is 0 Å². The highest BCUT2D eigenvalue weighted by molar-refractivity contribution is 5.90. The first-order valence-corrected chi connectivity index (χ1v) is 11.8. The number of carbonyl (C=O) groups excluding carboxylic acids is 1. The number of fused-ring (bicyclic) bond motifs is 1. The zero-order valence-corrected chi connectivity index (χ0v) is 21.0. The van der Waals surface area contributed by atoms with Crippen molar-refractivity contribution in [1.82, 2.24) is 24.4 Å². The van der Waals surface area contributed by atoms with Gasteiger partial charge < -0.3 is 9.80 Å². The number of aryl methyl sites for hydroxylation is 2. The fourth-order valence-electron chi connectivity index (χ4n) is 4.93. The number of aromatic nitrogens is 4. The molecule has 3 aromatic rings. The van der Waals surface area contributed by atoms with Crippen LogP contribution in [0.1, 0.15) is 50.6 Å². The van der Waals surface area contributed by atoms with Crippen molar-refractivity contribution in [3.8, 4) is 5.69 Å². The van der Waals surface area contributed by atoms with Crippen LogP contribution in [-0.4, -0.2) is 55.5 Å². The predicted octanol–water partition coefficient (Wildman–Crippen LogP) is 3.67. The molecule has 0 N–H and O–H groups in total. The van der Waals surface area contributed by atoms with Crippen LogP contribution in [0.4, 0.5) is 10.2 Å². The zero-order chi connectivity index (χ0) is 25.6. The molecule has 0 aliphatic carbocycles. The van der Waals surface area contributed by atoms with Crippen molar-refractivity contribution in [3.05, 3.63) is 64.2 Å². The lowest BCUT2D eigenvalue weighted by Gasteiger charge is -2.45. The molecule has 0 bridgehead atoms. The van der Waals surface area contributed by atoms with Gasteiger partial charge in [-0.3, -0.25) is 9.78 Å². The van der Waals surface area contributed by atoms with Gasteiger partial charge >= 0.3 is 5.69 Å². The van der Waals surface area contributed by atoms with E-state index in [4.69, 9.17) is 0 Å². The summed E-state index contributed by atoms with van der Waals surface area (Å²) in [5, 5.41) is 0.438. The van der Waals surface area contributed by atoms with E-state index in [1.165, 1.54) is 16.7 Å². The Morgan fingerprint density at radius 1 is 1.20 bits per heavy atom. The first-order valence-electron chi connectivity index (χ1n) is 11.8. The molecule has 184 valence electrons. The third kappa shape index (κ3) is 4.19. The lowest BCUT2D eigenvalue weighted by atomic mass is 10.0. The molecule has 1 fully saturated rings. The summed E-state index contributed by atoms with van der Waals surface area (Å²) in [4.78, 5) is 43.1. The number of nitrogens with zero attached hydrogens (tertiary/aromatic N) is 6. The van der Waals surface area contributed by atoms with Gasteiger partial charge in [0.1, 0.15) is 11.6 Å². The van der Waals surface area contributed by atoms with Gasteiger partial charge in [0.05, 0.1) is 22.5 Å². The van der Waals surface area contributed by atoms with Crippen molar-refractivity contribution >= 4 is 22.8 Å². The molecule has 4 rings (SSSR count). The van der Waals surface area contributed by atoms with Crippen molar-refractivity contribution in [1.29, 1.82) is 0 Å². The Morgan fingerprint density at radius 2 is 1.86 bits per heavy atom. The van der Waals surface area contributed by atoms with Gasteiger partial charge in [0, 0.05) is 31.4 Å². The third-order valence-electron chi connectivity index (χ3n) is 6.55. The second kappa shape index (κ2) is 9.20. The van der Waals surface area contributed by atoms with Crippen LogP contribution in [0.15, 0.2) is 35.8 Å². The molecule has 35 heavy (non-hydrogen) atoms. The van der Waals surface area contributed by atoms with Crippen molar-refractivity contribution in [3.63, 3.8) is 0 Å². The lowest BCUT2D eigenvalue weighted by Crippen LogP contribution is -2.58. The van der Waals surface area contributed by atoms with Crippen molar-refractivity contribution in [2.45, 2.75) is 59.5 Å². The number of piperazine rings is 1. The van der Waals surface area contributed by atoms with Gasteiger partial charge in [0.25, 0.3) is 0 Å². The summed E-state index contributed by atoms with van der Waals surface area (Å²) in [6.07, 6.45) is 3.02. The van der Waals surface area contributed by atoms with E-state index in [-0.39, 0.29) is 29.6 Å². The van der Waals surface area contributed by atoms with Gasteiger partial charge in [0.2, 0.25) is 5.91 Å². The molecule has 0 radical (unpaired) electrons. The highest BCUT2D eigenvalue weighted by Crippen LogP contribution is 2.32. The second-order valence-corrected chi connectivity index (χ2v) is 9.55. The van der Waals surface area contributed by atoms with E-state index in [0.29, 0.717) is 35.6 Å². The predicted molar refractivity (Wildman–Crippen MR) is 135 cm³/mol. The van der Waals surface area contributed by atoms with Gasteiger partial charge in [-0.15, -0.1) is 0 Å². The number of halogens is 1. The number of pyridine rings is 2. The smallest absolute Gasteiger partial charge is 0.347 e. The number of hydrogen-bond acceptors (Lipinski definition) is 6. The van der Waals surface area contributed by atoms with E-state index in [9.17, 15) is 14.0 Å². The van der Waals surface area contributed by atoms with Crippen molar-refractivity contribution in [2.75, 3.05) is 18.0 Å². The molecule has 0 saturated carbocycles. The average molecular weight is 479 g/mol. The summed E-state index contributed by atoms with van der Waals surface area (Å²) < 4.78 is 16.3. The minimum absolute atomic E-state index is 0.0450. The molecular weight excluding hydrogens is 447 g/mol. The molecule has 1 aliphatic heterocycles. The Morgan fingerprint density at radius 3 is 2.46 bits per heavy atom. The molecule has 9 heteroatoms. The molecule has 2 atom stereocenters. The Labute approximate surface area is 204 Å². The molecule has 1 saturated heterocycles. The fraction of sp³-hybridized carbons (Fsp3) is 0.423. The van der Waals surface area contributed by atoms with E-state index in [0.717, 1.165) is 11.3 Å². The molecular formula is C26H31FN6O2. The minimum atomic E-state index is -0.506. The number of anilines is 1. The van der Waals surface area contributed by atoms with Crippen molar-refractivity contribution in [2.24, 2.45) is 0 Å². The topological polar surface area (TPSA) is 84.2 Å². The Kier molecular flexibility index (Phi) is 6.44. The number of hydrogen-bond donors (Lipinski definition) is 0. The summed E-state index contributed by atoms with van der Waals surface area (Å²) in [5.41, 5.74) is 2.23. The maximum atomic E-state index is 14.9. The monoisotopic (exact) mass is 478 g/mol. The number of rotatable bonds is 4. The van der Waals surface area contributed by atoms with E-state index in [1.807, 2.05) is 45.6 Å². The molecule has 0 unspecified atom stereocenters. The maximum absolute atomic E-state index is 14.9. The molecule has 0 aromatic carbocycles. The van der Waals surface area contributed by atoms with Crippen LogP contribution in [0.25, 0.3) is 16.7 Å². The zero-order valence-electron chi connectivity index (χ0n) is 21.0. The number of carbonyl (C=O) groups is 1. The second-order valence-electron chi connectivity index (χ2n) is 9.55. The standard InChI is InChI=1S/C26H31FN6O2/c1-8-21(34)31-12-16(5)32(17(6)13-31)25-19-11-20(27)18(7)29-24(19)33(26(35)30-25)23-15(4)9-10-28-22(23)14(2)3/h8-11,14,16-17H,1,12-13H2,2-7H3/t16-,17-/m0/s1. The van der Waals surface area contributed by atoms with Crippen LogP contribution in [-0.2, 0) is 4.79 Å². The molecule has 0 spiro atoms. The van der Waals surface area contributed by atoms with Crippen LogP contribution in [0, 0.1) is 19.7 Å². The van der Waals surface area contributed by atoms with Gasteiger partial charge in [-0.05, 0) is 57.4 Å². The normalized spacial score (nSPS) is 18.4. The van der Waals surface area contributed by atoms with E-state index < -0.39 is 11.5 Å². The Hall–Kier alpha value is -3.62. The Bertz CT molecular complexity index is 1370. The summed E-state index contributed by atoms with van der Waals surface area (Å²) in [6, 6.07) is 2.91. The molecule has 8 nitrogen and oxygen atoms in total. The van der Waals surface area contributed by atoms with Crippen LogP contribution < -0.4 is 10.6 Å². The Balaban J connectivity index is 2.00. The first-order chi connectivity index (χ1) is 16.5. The van der Waals surface area contributed by atoms with E-state index >= 15 is 0 Å². The lowest BCUT2D eigenvalue weighted by molar-refractivity contribution is -0.127. The van der Waals surface area contributed by atoms with Crippen LogP contribution >= 0.6 is 0 Å². The summed E-state index contributed by atoms with van der Waals surface area (Å²) in [6.45, 7) is 15.9. The van der Waals surface area contributed by atoms with Gasteiger partial charge in [-0.2, -0.15) is 4.98 Å². The molecule has 1 amide bonds. The summed E-state index contributed by atoms with van der Waals surface area (Å²) in [5.74, 6) is -0.207. The van der Waals surface area contributed by atoms with Gasteiger partial charge in [-0.1, -0.05) is 20.4 Å². The van der Waals surface area contributed by atoms with E-state index in [2.05, 4.69) is 21.5 Å². The minimum Gasteiger partial charge on any atom is -0.347 e. The maximum Gasteiger partial charge on any atom is 0.355 e. The van der Waals surface area contributed by atoms with Crippen LogP contribution in [0.2, 0.25) is 0 Å². The number of amides is 1. The van der Waals surface area contributed by atoms with E-state index in [1.54, 1.807) is 18.0 Å². The average Bonchev–Trinajstić information content (AvgIpc) is 2.79. The highest BCUT2D eigenvalue weighted by Gasteiger charge is 2.34. The molecule has 3 aromatic heterocycles. The van der Waals surface area contributed by atoms with Gasteiger partial charge in [0.15, 0.2) is 5.65 Å². The summed E-state index contributed by atoms with van der Waals surface area (Å²) >= 11 is 0. The van der Waals surface area contributed by atoms with Crippen molar-refractivity contribution < 1.29 is 9.18 Å². The van der Waals surface area contributed by atoms with Crippen LogP contribution in [0.3, 0.4) is 0 Å². The SMILES string of the molecule is C=CC(=O)N1C[C@H](C)N(c2nc(=O)n(-c3c(C)ccnc3C(C)C)c3nc(C)c(F)cc23)[C@@H](C)C1. The quantitative estimate of drug-likeness (QED) is 0.532. The largest absolute Gasteiger partial charge is 0.355 e. The fourth-order valence-corrected chi connectivity index (χ4v) is 4.93. The first kappa shape index (κ1) is 24.5. The molecule has 4 heterocycles.